The third-order valence-electron chi connectivity index (χ3n) is 4.22. The van der Waals surface area contributed by atoms with E-state index in [1.165, 1.54) is 12.1 Å². The quantitative estimate of drug-likeness (QED) is 0.897. The first kappa shape index (κ1) is 15.9. The molecule has 1 fully saturated rings. The van der Waals surface area contributed by atoms with Gasteiger partial charge in [0.15, 0.2) is 0 Å². The molecule has 3 atom stereocenters. The summed E-state index contributed by atoms with van der Waals surface area (Å²) >= 11 is 0. The lowest BCUT2D eigenvalue weighted by Crippen LogP contribution is -2.37. The second-order valence-electron chi connectivity index (χ2n) is 5.87. The second-order valence-corrected chi connectivity index (χ2v) is 5.87. The van der Waals surface area contributed by atoms with Crippen LogP contribution in [0.15, 0.2) is 18.2 Å². The van der Waals surface area contributed by atoms with Crippen molar-refractivity contribution in [3.05, 3.63) is 35.4 Å². The van der Waals surface area contributed by atoms with Gasteiger partial charge in [-0.25, -0.2) is 8.78 Å². The minimum atomic E-state index is -0.642. The summed E-state index contributed by atoms with van der Waals surface area (Å²) in [6, 6.07) is 2.97. The summed E-state index contributed by atoms with van der Waals surface area (Å²) in [7, 11) is 0. The summed E-state index contributed by atoms with van der Waals surface area (Å²) in [5.74, 6) is -1.20. The fourth-order valence-corrected chi connectivity index (χ4v) is 2.96. The zero-order valence-electron chi connectivity index (χ0n) is 12.2. The molecule has 3 N–H and O–H groups in total. The fraction of sp³-hybridized carbons (Fsp3) is 0.562. The number of nitrogens with one attached hydrogen (secondary N) is 1. The predicted octanol–water partition coefficient (Wildman–Crippen LogP) is 3.05. The van der Waals surface area contributed by atoms with Gasteiger partial charge in [0.2, 0.25) is 5.91 Å². The minimum absolute atomic E-state index is 0.0716. The first-order valence-corrected chi connectivity index (χ1v) is 7.47. The van der Waals surface area contributed by atoms with E-state index in [1.807, 2.05) is 0 Å². The highest BCUT2D eigenvalue weighted by Gasteiger charge is 2.25. The Kier molecular flexibility index (Phi) is 5.28. The van der Waals surface area contributed by atoms with E-state index >= 15 is 0 Å². The molecule has 1 aliphatic carbocycles. The predicted molar refractivity (Wildman–Crippen MR) is 77.5 cm³/mol. The fourth-order valence-electron chi connectivity index (χ4n) is 2.96. The molecule has 1 saturated carbocycles. The Labute approximate surface area is 123 Å². The lowest BCUT2D eigenvalue weighted by atomic mass is 9.83. The number of hydrogen-bond donors (Lipinski definition) is 2. The van der Waals surface area contributed by atoms with E-state index in [4.69, 9.17) is 5.73 Å². The Bertz CT molecular complexity index is 507. The molecule has 1 amide bonds. The van der Waals surface area contributed by atoms with Crippen LogP contribution in [0.2, 0.25) is 0 Å². The molecule has 2 rings (SSSR count). The van der Waals surface area contributed by atoms with Gasteiger partial charge in [0, 0.05) is 24.1 Å². The van der Waals surface area contributed by atoms with Crippen molar-refractivity contribution in [2.75, 3.05) is 0 Å². The molecular weight excluding hydrogens is 274 g/mol. The maximum Gasteiger partial charge on any atom is 0.220 e. The minimum Gasteiger partial charge on any atom is -0.349 e. The van der Waals surface area contributed by atoms with Gasteiger partial charge < -0.3 is 11.1 Å². The third kappa shape index (κ3) is 4.24. The molecule has 0 radical (unpaired) electrons. The topological polar surface area (TPSA) is 55.1 Å². The van der Waals surface area contributed by atoms with Crippen LogP contribution in [0.5, 0.6) is 0 Å². The highest BCUT2D eigenvalue weighted by molar-refractivity contribution is 5.76. The maximum absolute atomic E-state index is 13.7. The number of halogens is 2. The van der Waals surface area contributed by atoms with Crippen LogP contribution in [0, 0.1) is 17.6 Å². The molecular formula is C16H22F2N2O. The van der Waals surface area contributed by atoms with E-state index in [-0.39, 0.29) is 23.4 Å². The van der Waals surface area contributed by atoms with Crippen molar-refractivity contribution in [3.8, 4) is 0 Å². The van der Waals surface area contributed by atoms with Gasteiger partial charge in [-0.3, -0.25) is 4.79 Å². The molecule has 0 aliphatic heterocycles. The van der Waals surface area contributed by atoms with Crippen LogP contribution in [0.25, 0.3) is 0 Å². The van der Waals surface area contributed by atoms with Crippen LogP contribution in [-0.2, 0) is 4.79 Å². The van der Waals surface area contributed by atoms with E-state index < -0.39 is 17.7 Å². The van der Waals surface area contributed by atoms with E-state index in [9.17, 15) is 13.6 Å². The lowest BCUT2D eigenvalue weighted by molar-refractivity contribution is -0.123. The molecule has 1 aliphatic rings. The van der Waals surface area contributed by atoms with Gasteiger partial charge in [-0.2, -0.15) is 0 Å². The summed E-state index contributed by atoms with van der Waals surface area (Å²) in [4.78, 5) is 12.1. The summed E-state index contributed by atoms with van der Waals surface area (Å²) in [5, 5.41) is 2.77. The van der Waals surface area contributed by atoms with E-state index in [1.54, 1.807) is 6.92 Å². The van der Waals surface area contributed by atoms with Crippen molar-refractivity contribution in [1.29, 1.82) is 0 Å². The second kappa shape index (κ2) is 6.98. The molecule has 3 nitrogen and oxygen atoms in total. The van der Waals surface area contributed by atoms with Gasteiger partial charge in [0.25, 0.3) is 0 Å². The number of carbonyl (C=O) groups excluding carboxylic acids is 1. The Balaban J connectivity index is 1.92. The van der Waals surface area contributed by atoms with Crippen molar-refractivity contribution in [2.45, 2.75) is 51.1 Å². The van der Waals surface area contributed by atoms with Gasteiger partial charge >= 0.3 is 0 Å². The summed E-state index contributed by atoms with van der Waals surface area (Å²) < 4.78 is 26.5. The Morgan fingerprint density at radius 1 is 1.38 bits per heavy atom. The number of carbonyl (C=O) groups is 1. The van der Waals surface area contributed by atoms with Crippen LogP contribution in [0.1, 0.15) is 50.6 Å². The number of rotatable bonds is 4. The van der Waals surface area contributed by atoms with E-state index in [2.05, 4.69) is 5.32 Å². The highest BCUT2D eigenvalue weighted by atomic mass is 19.1. The van der Waals surface area contributed by atoms with E-state index in [0.29, 0.717) is 6.42 Å². The van der Waals surface area contributed by atoms with Gasteiger partial charge in [-0.05, 0) is 31.7 Å². The molecule has 0 heterocycles. The van der Waals surface area contributed by atoms with Crippen molar-refractivity contribution < 1.29 is 13.6 Å². The van der Waals surface area contributed by atoms with E-state index in [0.717, 1.165) is 31.7 Å². The van der Waals surface area contributed by atoms with Crippen molar-refractivity contribution in [3.63, 3.8) is 0 Å². The van der Waals surface area contributed by atoms with Gasteiger partial charge in [0.05, 0.1) is 6.04 Å². The summed E-state index contributed by atoms with van der Waals surface area (Å²) in [6.45, 7) is 1.69. The SMILES string of the molecule is CC(NC(=O)CC1CCCCC1N)c1ccc(F)cc1F. The third-order valence-corrected chi connectivity index (χ3v) is 4.22. The first-order chi connectivity index (χ1) is 9.97. The number of amides is 1. The standard InChI is InChI=1S/C16H22F2N2O/c1-10(13-7-6-12(17)9-14(13)18)20-16(21)8-11-4-2-3-5-15(11)19/h6-7,9-11,15H,2-5,8,19H2,1H3,(H,20,21). The zero-order chi connectivity index (χ0) is 15.4. The zero-order valence-corrected chi connectivity index (χ0v) is 12.2. The molecule has 1 aromatic carbocycles. The van der Waals surface area contributed by atoms with Crippen molar-refractivity contribution in [2.24, 2.45) is 11.7 Å². The monoisotopic (exact) mass is 296 g/mol. The molecule has 3 unspecified atom stereocenters. The van der Waals surface area contributed by atoms with Gasteiger partial charge in [-0.1, -0.05) is 18.9 Å². The molecule has 1 aromatic rings. The van der Waals surface area contributed by atoms with Crippen molar-refractivity contribution >= 4 is 5.91 Å². The Morgan fingerprint density at radius 2 is 2.10 bits per heavy atom. The molecule has 116 valence electrons. The summed E-state index contributed by atoms with van der Waals surface area (Å²) in [5.41, 5.74) is 6.32. The van der Waals surface area contributed by atoms with Crippen molar-refractivity contribution in [1.82, 2.24) is 5.32 Å². The van der Waals surface area contributed by atoms with Crippen LogP contribution in [0.3, 0.4) is 0 Å². The van der Waals surface area contributed by atoms with Crippen LogP contribution in [-0.4, -0.2) is 11.9 Å². The highest BCUT2D eigenvalue weighted by Crippen LogP contribution is 2.26. The molecule has 0 aromatic heterocycles. The smallest absolute Gasteiger partial charge is 0.220 e. The normalized spacial score (nSPS) is 23.6. The largest absolute Gasteiger partial charge is 0.349 e. The van der Waals surface area contributed by atoms with Gasteiger partial charge in [-0.15, -0.1) is 0 Å². The first-order valence-electron chi connectivity index (χ1n) is 7.47. The molecule has 0 saturated heterocycles. The average Bonchev–Trinajstić information content (AvgIpc) is 2.41. The number of hydrogen-bond acceptors (Lipinski definition) is 2. The molecule has 0 bridgehead atoms. The molecule has 5 heteroatoms. The Hall–Kier alpha value is -1.49. The maximum atomic E-state index is 13.7. The summed E-state index contributed by atoms with van der Waals surface area (Å²) in [6.07, 6.45) is 4.52. The van der Waals surface area contributed by atoms with Crippen LogP contribution in [0.4, 0.5) is 8.78 Å². The molecule has 0 spiro atoms. The molecule has 21 heavy (non-hydrogen) atoms. The van der Waals surface area contributed by atoms with Crippen LogP contribution < -0.4 is 11.1 Å². The van der Waals surface area contributed by atoms with Gasteiger partial charge in [0.1, 0.15) is 11.6 Å². The number of nitrogens with two attached hydrogens (primary N) is 1. The van der Waals surface area contributed by atoms with Crippen LogP contribution >= 0.6 is 0 Å². The number of benzene rings is 1. The average molecular weight is 296 g/mol. The Morgan fingerprint density at radius 3 is 2.76 bits per heavy atom. The lowest BCUT2D eigenvalue weighted by Gasteiger charge is -2.28.